The van der Waals surface area contributed by atoms with Crippen molar-refractivity contribution >= 4 is 5.91 Å². The minimum absolute atomic E-state index is 0.0111. The van der Waals surface area contributed by atoms with E-state index in [2.05, 4.69) is 13.8 Å². The molecule has 1 aliphatic rings. The van der Waals surface area contributed by atoms with Crippen LogP contribution in [0.15, 0.2) is 18.2 Å². The Balaban J connectivity index is 2.14. The minimum atomic E-state index is 0.0111. The summed E-state index contributed by atoms with van der Waals surface area (Å²) in [4.78, 5) is 13.8. The maximum absolute atomic E-state index is 12.1. The summed E-state index contributed by atoms with van der Waals surface area (Å²) < 4.78 is 10.5. The van der Waals surface area contributed by atoms with Crippen molar-refractivity contribution in [1.82, 2.24) is 4.90 Å². The first-order chi connectivity index (χ1) is 8.08. The lowest BCUT2D eigenvalue weighted by Gasteiger charge is -2.19. The summed E-state index contributed by atoms with van der Waals surface area (Å²) in [6.07, 6.45) is 0. The number of hydrogen-bond acceptors (Lipinski definition) is 3. The number of benzene rings is 1. The number of carbonyl (C=O) groups is 1. The monoisotopic (exact) mass is 235 g/mol. The Morgan fingerprint density at radius 1 is 1.35 bits per heavy atom. The van der Waals surface area contributed by atoms with Gasteiger partial charge in [0.2, 0.25) is 6.79 Å². The van der Waals surface area contributed by atoms with Crippen LogP contribution >= 0.6 is 0 Å². The van der Waals surface area contributed by atoms with Gasteiger partial charge in [-0.2, -0.15) is 0 Å². The van der Waals surface area contributed by atoms with Crippen molar-refractivity contribution in [1.29, 1.82) is 0 Å². The van der Waals surface area contributed by atoms with Crippen LogP contribution in [0.5, 0.6) is 11.5 Å². The van der Waals surface area contributed by atoms with Gasteiger partial charge in [-0.05, 0) is 24.1 Å². The Bertz CT molecular complexity index is 429. The molecule has 1 heterocycles. The van der Waals surface area contributed by atoms with Gasteiger partial charge in [0.25, 0.3) is 5.91 Å². The molecule has 0 unspecified atom stereocenters. The fourth-order valence-electron chi connectivity index (χ4n) is 1.88. The third-order valence-electron chi connectivity index (χ3n) is 2.61. The van der Waals surface area contributed by atoms with Crippen LogP contribution in [0.3, 0.4) is 0 Å². The van der Waals surface area contributed by atoms with Crippen molar-refractivity contribution in [3.8, 4) is 11.5 Å². The Labute approximate surface area is 101 Å². The molecule has 92 valence electrons. The third kappa shape index (κ3) is 2.52. The van der Waals surface area contributed by atoms with Gasteiger partial charge in [-0.15, -0.1) is 0 Å². The molecular weight excluding hydrogens is 218 g/mol. The van der Waals surface area contributed by atoms with E-state index in [0.29, 0.717) is 23.0 Å². The number of hydrogen-bond donors (Lipinski definition) is 0. The van der Waals surface area contributed by atoms with Gasteiger partial charge in [0.1, 0.15) is 0 Å². The molecule has 0 aromatic heterocycles. The van der Waals surface area contributed by atoms with E-state index < -0.39 is 0 Å². The van der Waals surface area contributed by atoms with Crippen LogP contribution in [0.2, 0.25) is 0 Å². The van der Waals surface area contributed by atoms with Gasteiger partial charge < -0.3 is 14.4 Å². The van der Waals surface area contributed by atoms with Crippen LogP contribution in [0.1, 0.15) is 24.2 Å². The Kier molecular flexibility index (Phi) is 3.22. The van der Waals surface area contributed by atoms with E-state index in [1.54, 1.807) is 23.1 Å². The van der Waals surface area contributed by atoms with E-state index in [-0.39, 0.29) is 12.7 Å². The van der Waals surface area contributed by atoms with Crippen LogP contribution < -0.4 is 9.47 Å². The topological polar surface area (TPSA) is 38.8 Å². The molecule has 2 rings (SSSR count). The van der Waals surface area contributed by atoms with Crippen molar-refractivity contribution in [2.75, 3.05) is 20.4 Å². The van der Waals surface area contributed by atoms with Gasteiger partial charge in [0.05, 0.1) is 0 Å². The highest BCUT2D eigenvalue weighted by molar-refractivity contribution is 5.94. The van der Waals surface area contributed by atoms with Gasteiger partial charge in [-0.25, -0.2) is 0 Å². The lowest BCUT2D eigenvalue weighted by molar-refractivity contribution is 0.0778. The van der Waals surface area contributed by atoms with E-state index in [0.717, 1.165) is 6.54 Å². The van der Waals surface area contributed by atoms with Crippen LogP contribution in [0.4, 0.5) is 0 Å². The van der Waals surface area contributed by atoms with Gasteiger partial charge in [0, 0.05) is 19.2 Å². The predicted octanol–water partition coefficient (Wildman–Crippen LogP) is 2.14. The zero-order chi connectivity index (χ0) is 12.4. The van der Waals surface area contributed by atoms with Crippen LogP contribution in [-0.2, 0) is 0 Å². The van der Waals surface area contributed by atoms with Gasteiger partial charge in [-0.1, -0.05) is 13.8 Å². The number of nitrogens with zero attached hydrogens (tertiary/aromatic N) is 1. The summed E-state index contributed by atoms with van der Waals surface area (Å²) in [7, 11) is 1.81. The summed E-state index contributed by atoms with van der Waals surface area (Å²) in [6, 6.07) is 5.28. The van der Waals surface area contributed by atoms with E-state index in [1.165, 1.54) is 0 Å². The number of rotatable bonds is 3. The Morgan fingerprint density at radius 3 is 2.76 bits per heavy atom. The largest absolute Gasteiger partial charge is 0.454 e. The molecule has 0 spiro atoms. The molecule has 4 nitrogen and oxygen atoms in total. The second-order valence-electron chi connectivity index (χ2n) is 4.65. The zero-order valence-corrected chi connectivity index (χ0v) is 10.4. The molecule has 1 aliphatic heterocycles. The van der Waals surface area contributed by atoms with Crippen molar-refractivity contribution in [3.05, 3.63) is 23.8 Å². The first-order valence-electron chi connectivity index (χ1n) is 5.73. The summed E-state index contributed by atoms with van der Waals surface area (Å²) in [5.74, 6) is 1.82. The van der Waals surface area contributed by atoms with Crippen molar-refractivity contribution in [2.45, 2.75) is 13.8 Å². The summed E-state index contributed by atoms with van der Waals surface area (Å²) in [6.45, 7) is 5.15. The van der Waals surface area contributed by atoms with Crippen LogP contribution in [-0.4, -0.2) is 31.2 Å². The summed E-state index contributed by atoms with van der Waals surface area (Å²) in [5.41, 5.74) is 0.636. The van der Waals surface area contributed by atoms with Crippen molar-refractivity contribution in [2.24, 2.45) is 5.92 Å². The molecule has 0 fully saturated rings. The summed E-state index contributed by atoms with van der Waals surface area (Å²) in [5, 5.41) is 0. The Morgan fingerprint density at radius 2 is 2.06 bits per heavy atom. The SMILES string of the molecule is CC(C)CN(C)C(=O)c1ccc2c(c1)OCO2. The lowest BCUT2D eigenvalue weighted by Crippen LogP contribution is -2.30. The Hall–Kier alpha value is -1.71. The molecule has 4 heteroatoms. The molecule has 0 saturated carbocycles. The average Bonchev–Trinajstić information content (AvgIpc) is 2.73. The normalized spacial score (nSPS) is 12.9. The molecule has 17 heavy (non-hydrogen) atoms. The number of carbonyl (C=O) groups excluding carboxylic acids is 1. The second kappa shape index (κ2) is 4.65. The highest BCUT2D eigenvalue weighted by Gasteiger charge is 2.18. The van der Waals surface area contributed by atoms with E-state index >= 15 is 0 Å². The number of ether oxygens (including phenoxy) is 2. The molecule has 0 N–H and O–H groups in total. The quantitative estimate of drug-likeness (QED) is 0.805. The fourth-order valence-corrected chi connectivity index (χ4v) is 1.88. The van der Waals surface area contributed by atoms with Crippen LogP contribution in [0, 0.1) is 5.92 Å². The van der Waals surface area contributed by atoms with Gasteiger partial charge >= 0.3 is 0 Å². The number of amides is 1. The highest BCUT2D eigenvalue weighted by Crippen LogP contribution is 2.32. The van der Waals surface area contributed by atoms with E-state index in [9.17, 15) is 4.79 Å². The molecule has 1 amide bonds. The molecule has 0 bridgehead atoms. The second-order valence-corrected chi connectivity index (χ2v) is 4.65. The smallest absolute Gasteiger partial charge is 0.253 e. The maximum Gasteiger partial charge on any atom is 0.253 e. The van der Waals surface area contributed by atoms with E-state index in [4.69, 9.17) is 9.47 Å². The van der Waals surface area contributed by atoms with Crippen molar-refractivity contribution < 1.29 is 14.3 Å². The molecule has 0 saturated heterocycles. The standard InChI is InChI=1S/C13H17NO3/c1-9(2)7-14(3)13(15)10-4-5-11-12(6-10)17-8-16-11/h4-6,9H,7-8H2,1-3H3. The molecular formula is C13H17NO3. The van der Waals surface area contributed by atoms with E-state index in [1.807, 2.05) is 7.05 Å². The van der Waals surface area contributed by atoms with Crippen molar-refractivity contribution in [3.63, 3.8) is 0 Å². The first kappa shape index (κ1) is 11.8. The predicted molar refractivity (Wildman–Crippen MR) is 64.4 cm³/mol. The van der Waals surface area contributed by atoms with Gasteiger partial charge in [-0.3, -0.25) is 4.79 Å². The minimum Gasteiger partial charge on any atom is -0.454 e. The molecule has 0 radical (unpaired) electrons. The maximum atomic E-state index is 12.1. The van der Waals surface area contributed by atoms with Gasteiger partial charge in [0.15, 0.2) is 11.5 Å². The first-order valence-corrected chi connectivity index (χ1v) is 5.73. The molecule has 1 aromatic rings. The molecule has 0 aliphatic carbocycles. The molecule has 0 atom stereocenters. The number of fused-ring (bicyclic) bond motifs is 1. The highest BCUT2D eigenvalue weighted by atomic mass is 16.7. The zero-order valence-electron chi connectivity index (χ0n) is 10.4. The molecule has 1 aromatic carbocycles. The lowest BCUT2D eigenvalue weighted by atomic mass is 10.1. The fraction of sp³-hybridized carbons (Fsp3) is 0.462. The third-order valence-corrected chi connectivity index (χ3v) is 2.61. The average molecular weight is 235 g/mol. The summed E-state index contributed by atoms with van der Waals surface area (Å²) >= 11 is 0. The van der Waals surface area contributed by atoms with Crippen LogP contribution in [0.25, 0.3) is 0 Å².